The van der Waals surface area contributed by atoms with Gasteiger partial charge in [-0.15, -0.1) is 10.2 Å². The van der Waals surface area contributed by atoms with E-state index in [-0.39, 0.29) is 5.91 Å². The summed E-state index contributed by atoms with van der Waals surface area (Å²) in [5, 5.41) is 15.1. The van der Waals surface area contributed by atoms with E-state index in [0.29, 0.717) is 11.7 Å². The zero-order valence-corrected chi connectivity index (χ0v) is 14.0. The van der Waals surface area contributed by atoms with E-state index in [0.717, 1.165) is 21.7 Å². The molecule has 1 aromatic heterocycles. The summed E-state index contributed by atoms with van der Waals surface area (Å²) < 4.78 is 0.803. The van der Waals surface area contributed by atoms with Gasteiger partial charge in [0.25, 0.3) is 0 Å². The van der Waals surface area contributed by atoms with Crippen LogP contribution < -0.4 is 10.6 Å². The lowest BCUT2D eigenvalue weighted by molar-refractivity contribution is -0.118. The molecule has 1 fully saturated rings. The van der Waals surface area contributed by atoms with Crippen LogP contribution in [-0.2, 0) is 4.79 Å². The van der Waals surface area contributed by atoms with E-state index < -0.39 is 0 Å². The van der Waals surface area contributed by atoms with Crippen molar-refractivity contribution in [3.05, 3.63) is 29.8 Å². The number of benzene rings is 1. The summed E-state index contributed by atoms with van der Waals surface area (Å²) in [5.41, 5.74) is 2.19. The lowest BCUT2D eigenvalue weighted by Gasteiger charge is -2.02. The number of nitrogens with one attached hydrogen (secondary N) is 2. The van der Waals surface area contributed by atoms with Crippen molar-refractivity contribution in [2.24, 2.45) is 5.92 Å². The number of amides is 1. The lowest BCUT2D eigenvalue weighted by atomic mass is 10.2. The Balaban J connectivity index is 1.47. The summed E-state index contributed by atoms with van der Waals surface area (Å²) >= 11 is 2.89. The highest BCUT2D eigenvalue weighted by molar-refractivity contribution is 8.01. The largest absolute Gasteiger partial charge is 0.355 e. The summed E-state index contributed by atoms with van der Waals surface area (Å²) in [6.45, 7) is 2.86. The molecule has 1 aliphatic rings. The standard InChI is InChI=1S/C15H18N4OS2/c1-10-3-2-4-12(7-10)17-14-18-19-15(22-14)21-9-13(20)16-8-11-5-6-11/h2-4,7,11H,5-6,8-9H2,1H3,(H,16,20)(H,17,18). The van der Waals surface area contributed by atoms with Crippen LogP contribution >= 0.6 is 23.1 Å². The van der Waals surface area contributed by atoms with Gasteiger partial charge >= 0.3 is 0 Å². The first-order chi connectivity index (χ1) is 10.7. The lowest BCUT2D eigenvalue weighted by Crippen LogP contribution is -2.27. The highest BCUT2D eigenvalue weighted by Gasteiger charge is 2.21. The first kappa shape index (κ1) is 15.3. The molecule has 2 N–H and O–H groups in total. The van der Waals surface area contributed by atoms with Crippen LogP contribution in [0, 0.1) is 12.8 Å². The molecule has 0 radical (unpaired) electrons. The average molecular weight is 334 g/mol. The minimum atomic E-state index is 0.0697. The number of anilines is 2. The topological polar surface area (TPSA) is 66.9 Å². The monoisotopic (exact) mass is 334 g/mol. The number of thioether (sulfide) groups is 1. The maximum absolute atomic E-state index is 11.7. The predicted octanol–water partition coefficient (Wildman–Crippen LogP) is 3.21. The minimum Gasteiger partial charge on any atom is -0.355 e. The molecule has 3 rings (SSSR count). The second-order valence-electron chi connectivity index (χ2n) is 5.40. The van der Waals surface area contributed by atoms with E-state index >= 15 is 0 Å². The van der Waals surface area contributed by atoms with E-state index in [4.69, 9.17) is 0 Å². The number of carbonyl (C=O) groups is 1. The first-order valence-electron chi connectivity index (χ1n) is 7.26. The van der Waals surface area contributed by atoms with Gasteiger partial charge in [0, 0.05) is 12.2 Å². The second-order valence-corrected chi connectivity index (χ2v) is 7.60. The van der Waals surface area contributed by atoms with E-state index in [2.05, 4.69) is 26.9 Å². The quantitative estimate of drug-likeness (QED) is 0.761. The van der Waals surface area contributed by atoms with Crippen LogP contribution in [-0.4, -0.2) is 28.4 Å². The van der Waals surface area contributed by atoms with Crippen LogP contribution in [0.25, 0.3) is 0 Å². The van der Waals surface area contributed by atoms with Gasteiger partial charge in [0.2, 0.25) is 11.0 Å². The average Bonchev–Trinajstić information content (AvgIpc) is 3.23. The van der Waals surface area contributed by atoms with Gasteiger partial charge in [0.1, 0.15) is 0 Å². The molecule has 0 bridgehead atoms. The second kappa shape index (κ2) is 7.11. The SMILES string of the molecule is Cc1cccc(Nc2nnc(SCC(=O)NCC3CC3)s2)c1. The Labute approximate surface area is 137 Å². The summed E-state index contributed by atoms with van der Waals surface area (Å²) in [5.74, 6) is 1.17. The zero-order valence-electron chi connectivity index (χ0n) is 12.3. The van der Waals surface area contributed by atoms with Gasteiger partial charge in [-0.1, -0.05) is 35.2 Å². The summed E-state index contributed by atoms with van der Waals surface area (Å²) in [7, 11) is 0. The Bertz CT molecular complexity index is 654. The molecule has 7 heteroatoms. The van der Waals surface area contributed by atoms with Crippen molar-refractivity contribution in [3.8, 4) is 0 Å². The molecule has 0 unspecified atom stereocenters. The number of nitrogens with zero attached hydrogens (tertiary/aromatic N) is 2. The molecule has 1 aliphatic carbocycles. The predicted molar refractivity (Wildman–Crippen MR) is 90.8 cm³/mol. The molecule has 1 saturated carbocycles. The van der Waals surface area contributed by atoms with E-state index in [1.807, 2.05) is 25.1 Å². The molecule has 0 atom stereocenters. The Morgan fingerprint density at radius 2 is 2.27 bits per heavy atom. The van der Waals surface area contributed by atoms with Crippen molar-refractivity contribution in [1.29, 1.82) is 0 Å². The Kier molecular flexibility index (Phi) is 4.94. The third-order valence-corrected chi connectivity index (χ3v) is 5.26. The van der Waals surface area contributed by atoms with E-state index in [9.17, 15) is 4.79 Å². The van der Waals surface area contributed by atoms with Crippen LogP contribution in [0.4, 0.5) is 10.8 Å². The molecule has 0 aliphatic heterocycles. The number of carbonyl (C=O) groups excluding carboxylic acids is 1. The van der Waals surface area contributed by atoms with Crippen molar-refractivity contribution in [2.75, 3.05) is 17.6 Å². The molecule has 0 spiro atoms. The van der Waals surface area contributed by atoms with Crippen LogP contribution in [0.2, 0.25) is 0 Å². The smallest absolute Gasteiger partial charge is 0.230 e. The normalized spacial score (nSPS) is 13.9. The van der Waals surface area contributed by atoms with Gasteiger partial charge in [-0.3, -0.25) is 4.79 Å². The number of aryl methyl sites for hydroxylation is 1. The van der Waals surface area contributed by atoms with E-state index in [1.165, 1.54) is 41.5 Å². The highest BCUT2D eigenvalue weighted by atomic mass is 32.2. The Morgan fingerprint density at radius 3 is 3.05 bits per heavy atom. The maximum atomic E-state index is 11.7. The number of hydrogen-bond acceptors (Lipinski definition) is 6. The molecule has 2 aromatic rings. The van der Waals surface area contributed by atoms with Gasteiger partial charge in [0.15, 0.2) is 4.34 Å². The third kappa shape index (κ3) is 4.71. The van der Waals surface area contributed by atoms with Crippen molar-refractivity contribution in [2.45, 2.75) is 24.1 Å². The summed E-state index contributed by atoms with van der Waals surface area (Å²) in [6.07, 6.45) is 2.50. The summed E-state index contributed by atoms with van der Waals surface area (Å²) in [4.78, 5) is 11.7. The molecule has 1 amide bonds. The molecule has 1 heterocycles. The fourth-order valence-electron chi connectivity index (χ4n) is 1.92. The number of rotatable bonds is 7. The molecule has 1 aromatic carbocycles. The van der Waals surface area contributed by atoms with Crippen molar-refractivity contribution in [3.63, 3.8) is 0 Å². The van der Waals surface area contributed by atoms with Crippen LogP contribution in [0.15, 0.2) is 28.6 Å². The fraction of sp³-hybridized carbons (Fsp3) is 0.400. The number of aromatic nitrogens is 2. The van der Waals surface area contributed by atoms with Gasteiger partial charge in [-0.2, -0.15) is 0 Å². The minimum absolute atomic E-state index is 0.0697. The van der Waals surface area contributed by atoms with Crippen molar-refractivity contribution in [1.82, 2.24) is 15.5 Å². The van der Waals surface area contributed by atoms with Crippen molar-refractivity contribution < 1.29 is 4.79 Å². The molecule has 116 valence electrons. The Hall–Kier alpha value is -1.60. The molecular formula is C15H18N4OS2. The zero-order chi connectivity index (χ0) is 15.4. The number of hydrogen-bond donors (Lipinski definition) is 2. The van der Waals surface area contributed by atoms with Gasteiger partial charge in [-0.25, -0.2) is 0 Å². The molecule has 0 saturated heterocycles. The Morgan fingerprint density at radius 1 is 1.41 bits per heavy atom. The van der Waals surface area contributed by atoms with Gasteiger partial charge < -0.3 is 10.6 Å². The van der Waals surface area contributed by atoms with Crippen LogP contribution in [0.3, 0.4) is 0 Å². The van der Waals surface area contributed by atoms with Crippen molar-refractivity contribution >= 4 is 39.8 Å². The highest BCUT2D eigenvalue weighted by Crippen LogP contribution is 2.29. The fourth-order valence-corrected chi connectivity index (χ4v) is 3.53. The molecule has 5 nitrogen and oxygen atoms in total. The van der Waals surface area contributed by atoms with Crippen LogP contribution in [0.5, 0.6) is 0 Å². The first-order valence-corrected chi connectivity index (χ1v) is 9.06. The van der Waals surface area contributed by atoms with E-state index in [1.54, 1.807) is 0 Å². The molecular weight excluding hydrogens is 316 g/mol. The van der Waals surface area contributed by atoms with Gasteiger partial charge in [-0.05, 0) is 43.4 Å². The van der Waals surface area contributed by atoms with Gasteiger partial charge in [0.05, 0.1) is 5.75 Å². The summed E-state index contributed by atoms with van der Waals surface area (Å²) in [6, 6.07) is 8.09. The maximum Gasteiger partial charge on any atom is 0.230 e. The third-order valence-electron chi connectivity index (χ3n) is 3.29. The molecule has 22 heavy (non-hydrogen) atoms. The van der Waals surface area contributed by atoms with Crippen LogP contribution in [0.1, 0.15) is 18.4 Å².